The first-order chi connectivity index (χ1) is 18.7. The molecule has 0 aliphatic carbocycles. The fraction of sp³-hybridized carbons (Fsp3) is 0.240. The molecule has 9 nitrogen and oxygen atoms in total. The summed E-state index contributed by atoms with van der Waals surface area (Å²) >= 11 is 3.39. The van der Waals surface area contributed by atoms with Gasteiger partial charge < -0.3 is 20.3 Å². The lowest BCUT2D eigenvalue weighted by Gasteiger charge is -2.30. The zero-order valence-electron chi connectivity index (χ0n) is 19.9. The highest BCUT2D eigenvalue weighted by Gasteiger charge is 2.33. The molecule has 0 saturated carbocycles. The van der Waals surface area contributed by atoms with Gasteiger partial charge in [0, 0.05) is 40.1 Å². The summed E-state index contributed by atoms with van der Waals surface area (Å²) in [7, 11) is 0. The molecule has 1 fully saturated rings. The number of nitrogens with zero attached hydrogens (tertiary/aromatic N) is 5. The summed E-state index contributed by atoms with van der Waals surface area (Å²) < 4.78 is 59.7. The lowest BCUT2D eigenvalue weighted by Crippen LogP contribution is -2.41. The SMILES string of the molecule is O=C(Nc1cc(C2=Cc3cnc(NC4COC4)nc3N3CCN=C23)c(Br)cc1F)c1cc(C(F)(F)F)ccn1. The summed E-state index contributed by atoms with van der Waals surface area (Å²) in [4.78, 5) is 32.0. The molecule has 1 amide bonds. The van der Waals surface area contributed by atoms with Crippen LogP contribution in [0.25, 0.3) is 11.6 Å². The summed E-state index contributed by atoms with van der Waals surface area (Å²) in [6.07, 6.45) is -0.276. The van der Waals surface area contributed by atoms with Crippen LogP contribution in [0.2, 0.25) is 0 Å². The summed E-state index contributed by atoms with van der Waals surface area (Å²) in [6, 6.07) is 4.08. The molecule has 3 aliphatic heterocycles. The van der Waals surface area contributed by atoms with Gasteiger partial charge >= 0.3 is 6.18 Å². The van der Waals surface area contributed by atoms with Crippen molar-refractivity contribution in [3.63, 3.8) is 0 Å². The third-order valence-corrected chi connectivity index (χ3v) is 6.98. The number of carbonyl (C=O) groups is 1. The quantitative estimate of drug-likeness (QED) is 0.410. The van der Waals surface area contributed by atoms with Crippen LogP contribution < -0.4 is 15.5 Å². The van der Waals surface area contributed by atoms with Gasteiger partial charge in [0.2, 0.25) is 5.95 Å². The Morgan fingerprint density at radius 1 is 1.18 bits per heavy atom. The molecule has 3 aliphatic rings. The molecule has 3 aromatic rings. The second-order valence-corrected chi connectivity index (χ2v) is 9.81. The second kappa shape index (κ2) is 9.68. The maximum atomic E-state index is 14.9. The molecule has 0 radical (unpaired) electrons. The van der Waals surface area contributed by atoms with Gasteiger partial charge in [-0.05, 0) is 30.3 Å². The number of carbonyl (C=O) groups excluding carboxylic acids is 1. The molecule has 2 N–H and O–H groups in total. The van der Waals surface area contributed by atoms with Crippen molar-refractivity contribution < 1.29 is 27.1 Å². The number of aromatic nitrogens is 3. The predicted molar refractivity (Wildman–Crippen MR) is 139 cm³/mol. The molecule has 0 unspecified atom stereocenters. The molecule has 39 heavy (non-hydrogen) atoms. The number of pyridine rings is 1. The molecule has 0 bridgehead atoms. The Kier molecular flexibility index (Phi) is 6.30. The van der Waals surface area contributed by atoms with Gasteiger partial charge in [-0.3, -0.25) is 14.8 Å². The Morgan fingerprint density at radius 3 is 2.74 bits per heavy atom. The smallest absolute Gasteiger partial charge is 0.377 e. The van der Waals surface area contributed by atoms with Gasteiger partial charge in [0.05, 0.1) is 37.1 Å². The highest BCUT2D eigenvalue weighted by atomic mass is 79.9. The minimum Gasteiger partial charge on any atom is -0.377 e. The van der Waals surface area contributed by atoms with Crippen LogP contribution in [0.15, 0.2) is 46.1 Å². The van der Waals surface area contributed by atoms with Crippen LogP contribution in [0.3, 0.4) is 0 Å². The first-order valence-corrected chi connectivity index (χ1v) is 12.6. The molecule has 6 rings (SSSR count). The van der Waals surface area contributed by atoms with E-state index in [0.29, 0.717) is 65.6 Å². The summed E-state index contributed by atoms with van der Waals surface area (Å²) in [5, 5.41) is 5.56. The van der Waals surface area contributed by atoms with Crippen molar-refractivity contribution in [3.05, 3.63) is 69.3 Å². The average Bonchev–Trinajstić information content (AvgIpc) is 3.37. The van der Waals surface area contributed by atoms with Crippen LogP contribution in [0.4, 0.5) is 35.0 Å². The van der Waals surface area contributed by atoms with Crippen molar-refractivity contribution in [2.45, 2.75) is 12.2 Å². The molecule has 5 heterocycles. The minimum absolute atomic E-state index is 0.152. The minimum atomic E-state index is -4.65. The average molecular weight is 604 g/mol. The zero-order chi connectivity index (χ0) is 27.3. The van der Waals surface area contributed by atoms with E-state index in [1.54, 1.807) is 6.20 Å². The van der Waals surface area contributed by atoms with Crippen molar-refractivity contribution in [3.8, 4) is 0 Å². The van der Waals surface area contributed by atoms with E-state index in [1.165, 1.54) is 12.1 Å². The Morgan fingerprint density at radius 2 is 2.00 bits per heavy atom. The van der Waals surface area contributed by atoms with Crippen LogP contribution in [0, 0.1) is 5.82 Å². The van der Waals surface area contributed by atoms with Crippen LogP contribution in [-0.4, -0.2) is 59.0 Å². The van der Waals surface area contributed by atoms with Gasteiger partial charge in [-0.1, -0.05) is 15.9 Å². The Bertz CT molecular complexity index is 1560. The molecular formula is C25H18BrF4N7O2. The molecule has 1 saturated heterocycles. The number of benzene rings is 1. The summed E-state index contributed by atoms with van der Waals surface area (Å²) in [6.45, 7) is 2.26. The third-order valence-electron chi connectivity index (χ3n) is 6.32. The maximum absolute atomic E-state index is 14.9. The molecule has 1 aromatic carbocycles. The number of fused-ring (bicyclic) bond motifs is 3. The van der Waals surface area contributed by atoms with E-state index >= 15 is 0 Å². The van der Waals surface area contributed by atoms with Gasteiger partial charge in [-0.2, -0.15) is 18.2 Å². The van der Waals surface area contributed by atoms with Crippen LogP contribution in [0.5, 0.6) is 0 Å². The topological polar surface area (TPSA) is 105 Å². The number of ether oxygens (including phenoxy) is 1. The van der Waals surface area contributed by atoms with Crippen molar-refractivity contribution >= 4 is 56.8 Å². The van der Waals surface area contributed by atoms with E-state index in [1.807, 2.05) is 11.0 Å². The lowest BCUT2D eigenvalue weighted by atomic mass is 9.98. The molecule has 14 heteroatoms. The van der Waals surface area contributed by atoms with Gasteiger partial charge in [0.15, 0.2) is 0 Å². The number of hydrogen-bond acceptors (Lipinski definition) is 8. The number of alkyl halides is 3. The third kappa shape index (κ3) is 4.85. The molecule has 2 aromatic heterocycles. The Balaban J connectivity index is 1.33. The van der Waals surface area contributed by atoms with Gasteiger partial charge in [0.25, 0.3) is 5.91 Å². The van der Waals surface area contributed by atoms with Crippen molar-refractivity contribution in [1.82, 2.24) is 15.0 Å². The van der Waals surface area contributed by atoms with Crippen molar-refractivity contribution in [1.29, 1.82) is 0 Å². The van der Waals surface area contributed by atoms with Crippen molar-refractivity contribution in [2.24, 2.45) is 4.99 Å². The molecule has 200 valence electrons. The van der Waals surface area contributed by atoms with Crippen LogP contribution in [-0.2, 0) is 10.9 Å². The molecule has 0 spiro atoms. The number of anilines is 3. The number of amidine groups is 1. The highest BCUT2D eigenvalue weighted by molar-refractivity contribution is 9.10. The normalized spacial score (nSPS) is 16.6. The number of rotatable bonds is 5. The lowest BCUT2D eigenvalue weighted by molar-refractivity contribution is -0.137. The summed E-state index contributed by atoms with van der Waals surface area (Å²) in [5.41, 5.74) is 0.0987. The van der Waals surface area contributed by atoms with E-state index in [9.17, 15) is 22.4 Å². The van der Waals surface area contributed by atoms with E-state index in [0.717, 1.165) is 17.8 Å². The fourth-order valence-electron chi connectivity index (χ4n) is 4.34. The highest BCUT2D eigenvalue weighted by Crippen LogP contribution is 2.39. The maximum Gasteiger partial charge on any atom is 0.416 e. The Hall–Kier alpha value is -3.91. The molecular weight excluding hydrogens is 586 g/mol. The fourth-order valence-corrected chi connectivity index (χ4v) is 4.87. The number of aliphatic imine (C=N–C) groups is 1. The number of nitrogens with one attached hydrogen (secondary N) is 2. The number of halogens is 5. The van der Waals surface area contributed by atoms with Gasteiger partial charge in [-0.25, -0.2) is 9.37 Å². The van der Waals surface area contributed by atoms with Crippen molar-refractivity contribution in [2.75, 3.05) is 41.8 Å². The van der Waals surface area contributed by atoms with Crippen LogP contribution >= 0.6 is 15.9 Å². The largest absolute Gasteiger partial charge is 0.416 e. The monoisotopic (exact) mass is 603 g/mol. The molecule has 0 atom stereocenters. The predicted octanol–water partition coefficient (Wildman–Crippen LogP) is 4.63. The van der Waals surface area contributed by atoms with E-state index in [-0.39, 0.29) is 11.7 Å². The van der Waals surface area contributed by atoms with Gasteiger partial charge in [-0.15, -0.1) is 0 Å². The van der Waals surface area contributed by atoms with E-state index in [4.69, 9.17) is 4.74 Å². The standard InChI is InChI=1S/C25H18BrF4N7O2/c26-17-8-18(27)19(35-23(38)20-6-13(1-2-31-20)25(28,29)30)7-15(17)16-5-12-9-33-24(34-14-10-39-11-14)36-21(12)37-4-3-32-22(16)37/h1-2,5-9,14H,3-4,10-11H2,(H,35,38)(H,33,34,36). The number of hydrogen-bond donors (Lipinski definition) is 2. The Labute approximate surface area is 227 Å². The summed E-state index contributed by atoms with van der Waals surface area (Å²) in [5.74, 6) is -0.00642. The second-order valence-electron chi connectivity index (χ2n) is 8.96. The van der Waals surface area contributed by atoms with E-state index < -0.39 is 29.2 Å². The first kappa shape index (κ1) is 25.4. The first-order valence-electron chi connectivity index (χ1n) is 11.8. The van der Waals surface area contributed by atoms with Crippen LogP contribution in [0.1, 0.15) is 27.2 Å². The number of amides is 1. The van der Waals surface area contributed by atoms with E-state index in [2.05, 4.69) is 46.5 Å². The zero-order valence-corrected chi connectivity index (χ0v) is 21.5. The van der Waals surface area contributed by atoms with Gasteiger partial charge in [0.1, 0.15) is 23.2 Å².